The molecule has 0 aliphatic carbocycles. The third-order valence-corrected chi connectivity index (χ3v) is 9.98. The van der Waals surface area contributed by atoms with Crippen molar-refractivity contribution in [1.29, 1.82) is 0 Å². The fourth-order valence-electron chi connectivity index (χ4n) is 5.14. The van der Waals surface area contributed by atoms with E-state index in [0.717, 1.165) is 27.7 Å². The number of anilines is 2. The maximum Gasteiger partial charge on any atom is 0.573 e. The zero-order valence-corrected chi connectivity index (χ0v) is 29.6. The second-order valence-electron chi connectivity index (χ2n) is 11.4. The van der Waals surface area contributed by atoms with Gasteiger partial charge in [0, 0.05) is 54.1 Å². The van der Waals surface area contributed by atoms with E-state index in [1.54, 1.807) is 36.0 Å². The Hall–Kier alpha value is -5.58. The number of hydrogen-bond acceptors (Lipinski definition) is 10. The summed E-state index contributed by atoms with van der Waals surface area (Å²) in [6, 6.07) is 32.4. The minimum atomic E-state index is -4.76. The van der Waals surface area contributed by atoms with Crippen molar-refractivity contribution in [3.8, 4) is 16.9 Å². The van der Waals surface area contributed by atoms with Gasteiger partial charge in [0.1, 0.15) is 11.4 Å². The average molecular weight is 766 g/mol. The van der Waals surface area contributed by atoms with E-state index in [4.69, 9.17) is 0 Å². The number of thioether (sulfide) groups is 1. The second-order valence-corrected chi connectivity index (χ2v) is 14.2. The third-order valence-electron chi connectivity index (χ3n) is 7.64. The fraction of sp³-hybridized carbons (Fsp3) is 0.162. The van der Waals surface area contributed by atoms with Crippen LogP contribution in [0.15, 0.2) is 131 Å². The minimum absolute atomic E-state index is 0.0653. The molecule has 5 aromatic rings. The topological polar surface area (TPSA) is 152 Å². The molecule has 0 radical (unpaired) electrons. The molecule has 16 heteroatoms. The van der Waals surface area contributed by atoms with Crippen molar-refractivity contribution in [1.82, 2.24) is 10.0 Å². The lowest BCUT2D eigenvalue weighted by Crippen LogP contribution is -2.30. The molecule has 276 valence electrons. The number of ether oxygens (including phenoxy) is 1. The molecule has 5 aromatic carbocycles. The number of carbonyl (C=O) groups excluding carboxylic acids is 1. The Balaban J connectivity index is 1.09. The van der Waals surface area contributed by atoms with Crippen molar-refractivity contribution < 1.29 is 36.0 Å². The smallest absolute Gasteiger partial charge is 0.406 e. The molecule has 0 heterocycles. The molecular weight excluding hydrogens is 732 g/mol. The van der Waals surface area contributed by atoms with Crippen molar-refractivity contribution in [2.75, 3.05) is 36.0 Å². The molecule has 0 bridgehead atoms. The zero-order chi connectivity index (χ0) is 37.8. The van der Waals surface area contributed by atoms with Crippen LogP contribution in [0.3, 0.4) is 0 Å². The number of halogens is 3. The first-order valence-electron chi connectivity index (χ1n) is 16.1. The standard InChI is InChI=1S/C37H34F3N5O6S2/c38-37(39,40)51-30-16-12-26(13-17-30)33-9-5-4-6-28(33)25-41-20-21-42-29-14-10-27(11-15-29)36(46)44-53(49,50)32-18-19-34(35(24-32)45(47)48)43-22-23-52-31-7-2-1-3-8-31/h1-19,24,41-43H,20-23,25H2,(H,44,46). The van der Waals surface area contributed by atoms with Gasteiger partial charge in [0.25, 0.3) is 21.6 Å². The Labute approximate surface area is 308 Å². The van der Waals surface area contributed by atoms with E-state index < -0.39 is 37.8 Å². The third kappa shape index (κ3) is 11.5. The molecule has 0 fully saturated rings. The Morgan fingerprint density at radius 2 is 1.51 bits per heavy atom. The Morgan fingerprint density at radius 3 is 2.21 bits per heavy atom. The highest BCUT2D eigenvalue weighted by molar-refractivity contribution is 7.99. The van der Waals surface area contributed by atoms with Crippen molar-refractivity contribution in [3.63, 3.8) is 0 Å². The van der Waals surface area contributed by atoms with Crippen LogP contribution < -0.4 is 25.4 Å². The van der Waals surface area contributed by atoms with Crippen molar-refractivity contribution in [2.24, 2.45) is 0 Å². The lowest BCUT2D eigenvalue weighted by atomic mass is 9.99. The highest BCUT2D eigenvalue weighted by Crippen LogP contribution is 2.30. The van der Waals surface area contributed by atoms with Gasteiger partial charge in [-0.1, -0.05) is 54.6 Å². The molecule has 0 aliphatic heterocycles. The SMILES string of the molecule is O=C(NS(=O)(=O)c1ccc(NCCSc2ccccc2)c([N+](=O)[O-])c1)c1ccc(NCCNCc2ccccc2-c2ccc(OC(F)(F)F)cc2)cc1. The Bertz CT molecular complexity index is 2120. The number of nitro groups is 1. The zero-order valence-electron chi connectivity index (χ0n) is 27.9. The monoisotopic (exact) mass is 765 g/mol. The molecular formula is C37H34F3N5O6S2. The van der Waals surface area contributed by atoms with Crippen molar-refractivity contribution >= 4 is 44.8 Å². The van der Waals surface area contributed by atoms with E-state index in [1.807, 2.05) is 59.3 Å². The summed E-state index contributed by atoms with van der Waals surface area (Å²) in [6.45, 7) is 1.93. The summed E-state index contributed by atoms with van der Waals surface area (Å²) in [4.78, 5) is 24.5. The summed E-state index contributed by atoms with van der Waals surface area (Å²) in [5, 5.41) is 21.2. The number of rotatable bonds is 17. The molecule has 0 atom stereocenters. The number of amides is 1. The summed E-state index contributed by atoms with van der Waals surface area (Å²) in [5.41, 5.74) is 3.00. The number of hydrogen-bond donors (Lipinski definition) is 4. The molecule has 4 N–H and O–H groups in total. The predicted octanol–water partition coefficient (Wildman–Crippen LogP) is 7.69. The molecule has 0 spiro atoms. The van der Waals surface area contributed by atoms with Gasteiger partial charge in [0.05, 0.1) is 9.82 Å². The number of nitrogens with one attached hydrogen (secondary N) is 4. The highest BCUT2D eigenvalue weighted by Gasteiger charge is 2.31. The van der Waals surface area contributed by atoms with Gasteiger partial charge < -0.3 is 20.7 Å². The van der Waals surface area contributed by atoms with E-state index in [-0.39, 0.29) is 17.0 Å². The summed E-state index contributed by atoms with van der Waals surface area (Å²) in [7, 11) is -4.43. The first-order chi connectivity index (χ1) is 25.4. The van der Waals surface area contributed by atoms with E-state index >= 15 is 0 Å². The van der Waals surface area contributed by atoms with Crippen LogP contribution in [0.4, 0.5) is 30.2 Å². The quantitative estimate of drug-likeness (QED) is 0.0321. The minimum Gasteiger partial charge on any atom is -0.406 e. The van der Waals surface area contributed by atoms with Crippen molar-refractivity contribution in [3.05, 3.63) is 143 Å². The molecule has 0 aromatic heterocycles. The molecule has 5 rings (SSSR count). The van der Waals surface area contributed by atoms with Gasteiger partial charge in [-0.25, -0.2) is 13.1 Å². The van der Waals surface area contributed by atoms with Gasteiger partial charge in [-0.2, -0.15) is 0 Å². The maximum absolute atomic E-state index is 13.0. The van der Waals surface area contributed by atoms with Crippen LogP contribution >= 0.6 is 11.8 Å². The van der Waals surface area contributed by atoms with Gasteiger partial charge in [0.15, 0.2) is 0 Å². The van der Waals surface area contributed by atoms with Crippen LogP contribution in [-0.4, -0.2) is 51.0 Å². The number of carbonyl (C=O) groups is 1. The predicted molar refractivity (Wildman–Crippen MR) is 199 cm³/mol. The molecule has 0 saturated carbocycles. The normalized spacial score (nSPS) is 11.5. The summed E-state index contributed by atoms with van der Waals surface area (Å²) in [6.07, 6.45) is -4.76. The maximum atomic E-state index is 13.0. The Morgan fingerprint density at radius 1 is 0.811 bits per heavy atom. The van der Waals surface area contributed by atoms with Crippen LogP contribution in [0, 0.1) is 10.1 Å². The number of sulfonamides is 1. The number of nitrogens with zero attached hydrogens (tertiary/aromatic N) is 1. The number of nitro benzene ring substituents is 1. The molecule has 1 amide bonds. The first kappa shape index (κ1) is 38.6. The van der Waals surface area contributed by atoms with Gasteiger partial charge >= 0.3 is 6.36 Å². The summed E-state index contributed by atoms with van der Waals surface area (Å²) in [5.74, 6) is -0.579. The number of alkyl halides is 3. The average Bonchev–Trinajstić information content (AvgIpc) is 3.13. The van der Waals surface area contributed by atoms with Gasteiger partial charge in [-0.05, 0) is 77.4 Å². The van der Waals surface area contributed by atoms with Crippen LogP contribution in [0.5, 0.6) is 5.75 Å². The van der Waals surface area contributed by atoms with Gasteiger partial charge in [-0.3, -0.25) is 14.9 Å². The van der Waals surface area contributed by atoms with Crippen LogP contribution in [-0.2, 0) is 16.6 Å². The lowest BCUT2D eigenvalue weighted by Gasteiger charge is -2.13. The second kappa shape index (κ2) is 17.8. The van der Waals surface area contributed by atoms with Crippen LogP contribution in [0.1, 0.15) is 15.9 Å². The van der Waals surface area contributed by atoms with E-state index in [2.05, 4.69) is 20.7 Å². The fourth-order valence-corrected chi connectivity index (χ4v) is 6.92. The summed E-state index contributed by atoms with van der Waals surface area (Å²) >= 11 is 1.57. The molecule has 0 saturated heterocycles. The van der Waals surface area contributed by atoms with Gasteiger partial charge in [-0.15, -0.1) is 24.9 Å². The van der Waals surface area contributed by atoms with Gasteiger partial charge in [0.2, 0.25) is 0 Å². The Kier molecular flexibility index (Phi) is 13.0. The molecule has 0 unspecified atom stereocenters. The largest absolute Gasteiger partial charge is 0.573 e. The van der Waals surface area contributed by atoms with E-state index in [1.165, 1.54) is 36.4 Å². The number of benzene rings is 5. The van der Waals surface area contributed by atoms with E-state index in [9.17, 15) is 36.5 Å². The van der Waals surface area contributed by atoms with Crippen LogP contribution in [0.25, 0.3) is 11.1 Å². The lowest BCUT2D eigenvalue weighted by molar-refractivity contribution is -0.384. The summed E-state index contributed by atoms with van der Waals surface area (Å²) < 4.78 is 69.5. The molecule has 0 aliphatic rings. The molecule has 11 nitrogen and oxygen atoms in total. The van der Waals surface area contributed by atoms with Crippen LogP contribution in [0.2, 0.25) is 0 Å². The highest BCUT2D eigenvalue weighted by atomic mass is 32.2. The molecule has 53 heavy (non-hydrogen) atoms. The first-order valence-corrected chi connectivity index (χ1v) is 18.6. The van der Waals surface area contributed by atoms with E-state index in [0.29, 0.717) is 37.6 Å². The van der Waals surface area contributed by atoms with Crippen molar-refractivity contribution in [2.45, 2.75) is 22.7 Å².